The molecular weight excluding hydrogens is 198 g/mol. The first-order chi connectivity index (χ1) is 7.11. The zero-order chi connectivity index (χ0) is 11.4. The third kappa shape index (κ3) is 2.07. The van der Waals surface area contributed by atoms with Gasteiger partial charge in [-0.3, -0.25) is 4.79 Å². The van der Waals surface area contributed by atoms with Crippen LogP contribution in [0, 0.1) is 0 Å². The summed E-state index contributed by atoms with van der Waals surface area (Å²) in [6.07, 6.45) is 3.33. The van der Waals surface area contributed by atoms with E-state index in [1.807, 2.05) is 0 Å². The lowest BCUT2D eigenvalue weighted by Crippen LogP contribution is -2.04. The highest BCUT2D eigenvalue weighted by Gasteiger charge is 2.17. The lowest BCUT2D eigenvalue weighted by molar-refractivity contribution is -0.130. The molecule has 0 unspecified atom stereocenters. The number of aryl methyl sites for hydroxylation is 1. The summed E-state index contributed by atoms with van der Waals surface area (Å²) in [5, 5.41) is 8.91. The summed E-state index contributed by atoms with van der Waals surface area (Å²) in [6.45, 7) is 0. The number of carboxylic acids is 1. The zero-order valence-electron chi connectivity index (χ0n) is 8.43. The molecule has 0 aliphatic rings. The van der Waals surface area contributed by atoms with Gasteiger partial charge in [0.15, 0.2) is 6.29 Å². The number of carboxylic acid groups (broad SMARTS) is 1. The molecule has 80 valence electrons. The topological polar surface area (TPSA) is 68.5 Å². The Balaban J connectivity index is 3.29. The van der Waals surface area contributed by atoms with Gasteiger partial charge in [-0.15, -0.1) is 0 Å². The van der Waals surface area contributed by atoms with Crippen molar-refractivity contribution < 1.29 is 19.4 Å². The molecule has 0 aromatic carbocycles. The molecule has 5 heteroatoms. The molecule has 0 atom stereocenters. The summed E-state index contributed by atoms with van der Waals surface area (Å²) in [4.78, 5) is 21.7. The first kappa shape index (κ1) is 11.0. The number of hydrogen-bond donors (Lipinski definition) is 1. The van der Waals surface area contributed by atoms with Crippen molar-refractivity contribution in [2.75, 3.05) is 7.11 Å². The molecule has 1 N–H and O–H groups in total. The first-order valence-corrected chi connectivity index (χ1v) is 4.19. The quantitative estimate of drug-likeness (QED) is 0.454. The maximum atomic E-state index is 10.9. The average Bonchev–Trinajstić information content (AvgIpc) is 2.55. The van der Waals surface area contributed by atoms with E-state index in [4.69, 9.17) is 5.11 Å². The van der Waals surface area contributed by atoms with Gasteiger partial charge in [0, 0.05) is 18.8 Å². The van der Waals surface area contributed by atoms with E-state index in [9.17, 15) is 9.59 Å². The predicted octanol–water partition coefficient (Wildman–Crippen LogP) is 0.909. The largest absolute Gasteiger partial charge is 0.503 e. The zero-order valence-corrected chi connectivity index (χ0v) is 8.43. The van der Waals surface area contributed by atoms with Crippen molar-refractivity contribution in [1.29, 1.82) is 0 Å². The van der Waals surface area contributed by atoms with Crippen LogP contribution in [0.3, 0.4) is 0 Å². The minimum Gasteiger partial charge on any atom is -0.503 e. The van der Waals surface area contributed by atoms with Gasteiger partial charge in [-0.1, -0.05) is 0 Å². The summed E-state index contributed by atoms with van der Waals surface area (Å²) < 4.78 is 6.21. The molecule has 0 radical (unpaired) electrons. The molecule has 15 heavy (non-hydrogen) atoms. The molecule has 1 rings (SSSR count). The van der Waals surface area contributed by atoms with E-state index in [2.05, 4.69) is 4.74 Å². The van der Waals surface area contributed by atoms with Crippen LogP contribution >= 0.6 is 0 Å². The molecule has 0 spiro atoms. The molecule has 0 saturated carbocycles. The summed E-state index contributed by atoms with van der Waals surface area (Å²) in [5.41, 5.74) is 0.614. The first-order valence-electron chi connectivity index (χ1n) is 4.19. The number of nitrogens with zero attached hydrogens (tertiary/aromatic N) is 1. The van der Waals surface area contributed by atoms with Gasteiger partial charge in [-0.25, -0.2) is 4.79 Å². The number of rotatable bonds is 4. The highest BCUT2D eigenvalue weighted by Crippen LogP contribution is 2.19. The number of carbonyl (C=O) groups excluding carboxylic acids is 1. The summed E-state index contributed by atoms with van der Waals surface area (Å²) in [5.74, 6) is -1.13. The van der Waals surface area contributed by atoms with Crippen LogP contribution in [0.2, 0.25) is 0 Å². The van der Waals surface area contributed by atoms with E-state index in [1.54, 1.807) is 23.9 Å². The van der Waals surface area contributed by atoms with Crippen molar-refractivity contribution in [3.63, 3.8) is 0 Å². The summed E-state index contributed by atoms with van der Waals surface area (Å²) in [7, 11) is 3.02. The van der Waals surface area contributed by atoms with Crippen LogP contribution in [0.1, 0.15) is 16.1 Å². The van der Waals surface area contributed by atoms with Crippen molar-refractivity contribution in [2.45, 2.75) is 0 Å². The van der Waals surface area contributed by atoms with Gasteiger partial charge in [0.1, 0.15) is 5.57 Å². The summed E-state index contributed by atoms with van der Waals surface area (Å²) >= 11 is 0. The SMILES string of the molecule is COC=C(C(=O)O)c1ccn(C)c1C=O. The van der Waals surface area contributed by atoms with Crippen molar-refractivity contribution in [1.82, 2.24) is 4.57 Å². The third-order valence-electron chi connectivity index (χ3n) is 1.99. The van der Waals surface area contributed by atoms with Crippen LogP contribution in [0.15, 0.2) is 18.5 Å². The molecule has 0 amide bonds. The number of methoxy groups -OCH3 is 1. The fourth-order valence-electron chi connectivity index (χ4n) is 1.26. The Bertz CT molecular complexity index is 417. The minimum absolute atomic E-state index is 0.0415. The van der Waals surface area contributed by atoms with Crippen molar-refractivity contribution >= 4 is 17.8 Å². The third-order valence-corrected chi connectivity index (χ3v) is 1.99. The fourth-order valence-corrected chi connectivity index (χ4v) is 1.26. The number of aliphatic carboxylic acids is 1. The van der Waals surface area contributed by atoms with Gasteiger partial charge in [-0.2, -0.15) is 0 Å². The molecule has 0 fully saturated rings. The van der Waals surface area contributed by atoms with Crippen LogP contribution in [0.25, 0.3) is 5.57 Å². The van der Waals surface area contributed by atoms with Gasteiger partial charge in [-0.05, 0) is 6.07 Å². The van der Waals surface area contributed by atoms with Gasteiger partial charge < -0.3 is 14.4 Å². The second-order valence-electron chi connectivity index (χ2n) is 2.92. The predicted molar refractivity (Wildman–Crippen MR) is 53.4 cm³/mol. The number of aromatic nitrogens is 1. The maximum absolute atomic E-state index is 10.9. The van der Waals surface area contributed by atoms with E-state index < -0.39 is 5.97 Å². The lowest BCUT2D eigenvalue weighted by Gasteiger charge is -2.01. The average molecular weight is 209 g/mol. The number of aldehydes is 1. The van der Waals surface area contributed by atoms with Crippen LogP contribution in [0.4, 0.5) is 0 Å². The van der Waals surface area contributed by atoms with Gasteiger partial charge in [0.05, 0.1) is 19.1 Å². The minimum atomic E-state index is -1.13. The molecule has 1 aromatic heterocycles. The fraction of sp³-hybridized carbons (Fsp3) is 0.200. The van der Waals surface area contributed by atoms with E-state index in [0.717, 1.165) is 6.26 Å². The monoisotopic (exact) mass is 209 g/mol. The van der Waals surface area contributed by atoms with Crippen molar-refractivity contribution in [3.8, 4) is 0 Å². The Morgan fingerprint density at radius 1 is 1.60 bits per heavy atom. The molecule has 0 bridgehead atoms. The van der Waals surface area contributed by atoms with Gasteiger partial charge in [0.2, 0.25) is 0 Å². The second-order valence-corrected chi connectivity index (χ2v) is 2.92. The Kier molecular flexibility index (Phi) is 3.28. The van der Waals surface area contributed by atoms with E-state index in [-0.39, 0.29) is 5.57 Å². The number of hydrogen-bond acceptors (Lipinski definition) is 3. The molecular formula is C10H11NO4. The normalized spacial score (nSPS) is 11.2. The van der Waals surface area contributed by atoms with E-state index in [0.29, 0.717) is 17.5 Å². The number of ether oxygens (including phenoxy) is 1. The standard InChI is InChI=1S/C10H11NO4/c1-11-4-3-7(9(11)5-12)8(6-15-2)10(13)14/h3-6H,1-2H3,(H,13,14). The Morgan fingerprint density at radius 2 is 2.27 bits per heavy atom. The summed E-state index contributed by atoms with van der Waals surface area (Å²) in [6, 6.07) is 1.56. The molecule has 0 aliphatic carbocycles. The second kappa shape index (κ2) is 4.45. The van der Waals surface area contributed by atoms with Crippen LogP contribution < -0.4 is 0 Å². The lowest BCUT2D eigenvalue weighted by atomic mass is 10.1. The molecule has 0 aliphatic heterocycles. The van der Waals surface area contributed by atoms with Crippen LogP contribution in [0.5, 0.6) is 0 Å². The molecule has 0 saturated heterocycles. The Labute approximate surface area is 86.6 Å². The van der Waals surface area contributed by atoms with Crippen LogP contribution in [-0.2, 0) is 16.6 Å². The van der Waals surface area contributed by atoms with E-state index >= 15 is 0 Å². The molecule has 5 nitrogen and oxygen atoms in total. The maximum Gasteiger partial charge on any atom is 0.339 e. The Morgan fingerprint density at radius 3 is 2.73 bits per heavy atom. The van der Waals surface area contributed by atoms with Gasteiger partial charge in [0.25, 0.3) is 0 Å². The number of carbonyl (C=O) groups is 2. The molecule has 1 aromatic rings. The highest BCUT2D eigenvalue weighted by molar-refractivity contribution is 6.16. The van der Waals surface area contributed by atoms with Crippen molar-refractivity contribution in [2.24, 2.45) is 7.05 Å². The van der Waals surface area contributed by atoms with Crippen LogP contribution in [-0.4, -0.2) is 29.0 Å². The van der Waals surface area contributed by atoms with Gasteiger partial charge >= 0.3 is 5.97 Å². The highest BCUT2D eigenvalue weighted by atomic mass is 16.5. The van der Waals surface area contributed by atoms with Crippen molar-refractivity contribution in [3.05, 3.63) is 29.8 Å². The smallest absolute Gasteiger partial charge is 0.339 e. The van der Waals surface area contributed by atoms with E-state index in [1.165, 1.54) is 7.11 Å². The Hall–Kier alpha value is -2.04. The molecule has 1 heterocycles.